The van der Waals surface area contributed by atoms with Gasteiger partial charge in [0.05, 0.1) is 18.4 Å². The molecular formula is C21H20N2O5S2. The Labute approximate surface area is 181 Å². The molecule has 1 N–H and O–H groups in total. The van der Waals surface area contributed by atoms with Crippen molar-refractivity contribution in [2.24, 2.45) is 0 Å². The molecule has 3 aromatic rings. The largest absolute Gasteiger partial charge is 0.459 e. The molecule has 7 nitrogen and oxygen atoms in total. The van der Waals surface area contributed by atoms with Gasteiger partial charge in [-0.1, -0.05) is 6.07 Å². The maximum atomic E-state index is 12.8. The van der Waals surface area contributed by atoms with Gasteiger partial charge < -0.3 is 19.4 Å². The smallest absolute Gasteiger partial charge is 0.341 e. The molecule has 1 aliphatic carbocycles. The molecule has 2 amide bonds. The number of thiophene rings is 2. The number of likely N-dealkylation sites (N-methyl/N-ethyl adjacent to an activating group) is 1. The number of amides is 2. The number of hydrogen-bond acceptors (Lipinski definition) is 7. The lowest BCUT2D eigenvalue weighted by Crippen LogP contribution is -2.30. The first kappa shape index (κ1) is 20.4. The first-order valence-corrected chi connectivity index (χ1v) is 11.2. The van der Waals surface area contributed by atoms with Gasteiger partial charge in [0.15, 0.2) is 12.4 Å². The van der Waals surface area contributed by atoms with Crippen LogP contribution in [0.5, 0.6) is 0 Å². The molecule has 0 fully saturated rings. The van der Waals surface area contributed by atoms with E-state index in [1.54, 1.807) is 30.5 Å². The van der Waals surface area contributed by atoms with E-state index in [0.29, 0.717) is 17.1 Å². The number of furan rings is 1. The van der Waals surface area contributed by atoms with E-state index in [2.05, 4.69) is 5.32 Å². The van der Waals surface area contributed by atoms with E-state index < -0.39 is 11.9 Å². The molecule has 0 aromatic carbocycles. The van der Waals surface area contributed by atoms with Crippen molar-refractivity contribution in [1.82, 2.24) is 4.90 Å². The number of nitrogens with one attached hydrogen (secondary N) is 1. The monoisotopic (exact) mass is 444 g/mol. The highest BCUT2D eigenvalue weighted by Gasteiger charge is 2.29. The maximum Gasteiger partial charge on any atom is 0.341 e. The minimum atomic E-state index is -0.595. The van der Waals surface area contributed by atoms with Crippen molar-refractivity contribution in [3.8, 4) is 0 Å². The van der Waals surface area contributed by atoms with Gasteiger partial charge in [-0.3, -0.25) is 9.59 Å². The molecule has 0 bridgehead atoms. The molecule has 0 radical (unpaired) electrons. The van der Waals surface area contributed by atoms with Gasteiger partial charge in [-0.15, -0.1) is 22.7 Å². The maximum absolute atomic E-state index is 12.8. The zero-order chi connectivity index (χ0) is 21.1. The van der Waals surface area contributed by atoms with Crippen molar-refractivity contribution < 1.29 is 23.5 Å². The first-order valence-electron chi connectivity index (χ1n) is 9.46. The van der Waals surface area contributed by atoms with Crippen molar-refractivity contribution in [2.75, 3.05) is 19.0 Å². The van der Waals surface area contributed by atoms with Crippen LogP contribution < -0.4 is 5.32 Å². The molecule has 0 atom stereocenters. The summed E-state index contributed by atoms with van der Waals surface area (Å²) in [6.07, 6.45) is 3.98. The van der Waals surface area contributed by atoms with Crippen LogP contribution in [0.25, 0.3) is 0 Å². The fraction of sp³-hybridized carbons (Fsp3) is 0.286. The number of carbonyl (C=O) groups is 3. The number of fused-ring (bicyclic) bond motifs is 1. The summed E-state index contributed by atoms with van der Waals surface area (Å²) in [6, 6.07) is 7.05. The van der Waals surface area contributed by atoms with Crippen LogP contribution in [0.15, 0.2) is 40.3 Å². The molecule has 0 spiro atoms. The number of nitrogens with zero attached hydrogens (tertiary/aromatic N) is 1. The number of esters is 1. The van der Waals surface area contributed by atoms with Gasteiger partial charge in [-0.2, -0.15) is 0 Å². The Morgan fingerprint density at radius 3 is 2.83 bits per heavy atom. The molecule has 0 aliphatic heterocycles. The van der Waals surface area contributed by atoms with Gasteiger partial charge in [0.1, 0.15) is 5.00 Å². The van der Waals surface area contributed by atoms with Gasteiger partial charge in [-0.25, -0.2) is 4.79 Å². The van der Waals surface area contributed by atoms with Crippen LogP contribution in [-0.2, 0) is 28.9 Å². The van der Waals surface area contributed by atoms with Crippen LogP contribution in [0.1, 0.15) is 42.7 Å². The summed E-state index contributed by atoms with van der Waals surface area (Å²) >= 11 is 2.94. The highest BCUT2D eigenvalue weighted by molar-refractivity contribution is 7.17. The van der Waals surface area contributed by atoms with Crippen LogP contribution in [0, 0.1) is 0 Å². The molecule has 0 saturated carbocycles. The van der Waals surface area contributed by atoms with Gasteiger partial charge in [0, 0.05) is 16.8 Å². The van der Waals surface area contributed by atoms with E-state index in [9.17, 15) is 14.4 Å². The van der Waals surface area contributed by atoms with Gasteiger partial charge in [0.25, 0.3) is 11.8 Å². The molecule has 0 unspecified atom stereocenters. The second-order valence-corrected chi connectivity index (χ2v) is 9.04. The Morgan fingerprint density at radius 2 is 2.10 bits per heavy atom. The summed E-state index contributed by atoms with van der Waals surface area (Å²) in [4.78, 5) is 41.2. The number of rotatable bonds is 7. The highest BCUT2D eigenvalue weighted by Crippen LogP contribution is 2.39. The highest BCUT2D eigenvalue weighted by atomic mass is 32.1. The molecule has 0 saturated heterocycles. The first-order chi connectivity index (χ1) is 14.5. The summed E-state index contributed by atoms with van der Waals surface area (Å²) in [6.45, 7) is 0.114. The third kappa shape index (κ3) is 4.31. The lowest BCUT2D eigenvalue weighted by Gasteiger charge is -2.16. The van der Waals surface area contributed by atoms with E-state index in [1.807, 2.05) is 17.5 Å². The van der Waals surface area contributed by atoms with E-state index in [1.165, 1.54) is 22.5 Å². The Kier molecular flexibility index (Phi) is 6.01. The van der Waals surface area contributed by atoms with Crippen molar-refractivity contribution in [2.45, 2.75) is 25.8 Å². The predicted molar refractivity (Wildman–Crippen MR) is 114 cm³/mol. The Hall–Kier alpha value is -2.91. The molecule has 3 heterocycles. The quantitative estimate of drug-likeness (QED) is 0.557. The fourth-order valence-electron chi connectivity index (χ4n) is 3.31. The third-order valence-corrected chi connectivity index (χ3v) is 6.89. The summed E-state index contributed by atoms with van der Waals surface area (Å²) < 4.78 is 10.5. The topological polar surface area (TPSA) is 88.9 Å². The van der Waals surface area contributed by atoms with Gasteiger partial charge >= 0.3 is 5.97 Å². The second kappa shape index (κ2) is 8.85. The number of ether oxygens (including phenoxy) is 1. The van der Waals surface area contributed by atoms with E-state index in [4.69, 9.17) is 9.15 Å². The van der Waals surface area contributed by atoms with Crippen LogP contribution >= 0.6 is 22.7 Å². The van der Waals surface area contributed by atoms with Crippen molar-refractivity contribution in [3.05, 3.63) is 62.6 Å². The summed E-state index contributed by atoms with van der Waals surface area (Å²) in [5.41, 5.74) is 1.25. The number of aryl methyl sites for hydroxylation is 1. The lowest BCUT2D eigenvalue weighted by molar-refractivity contribution is -0.133. The van der Waals surface area contributed by atoms with Crippen LogP contribution in [0.3, 0.4) is 0 Å². The zero-order valence-electron chi connectivity index (χ0n) is 16.3. The third-order valence-electron chi connectivity index (χ3n) is 4.82. The predicted octanol–water partition coefficient (Wildman–Crippen LogP) is 3.96. The molecule has 4 rings (SSSR count). The Balaban J connectivity index is 1.44. The minimum absolute atomic E-state index is 0.160. The Bertz CT molecular complexity index is 1050. The van der Waals surface area contributed by atoms with E-state index in [-0.39, 0.29) is 18.3 Å². The molecule has 3 aromatic heterocycles. The van der Waals surface area contributed by atoms with Crippen LogP contribution in [0.4, 0.5) is 5.00 Å². The van der Waals surface area contributed by atoms with Crippen LogP contribution in [-0.4, -0.2) is 36.3 Å². The standard InChI is InChI=1S/C21H20N2O5S2/c1-23(11-13-5-4-10-29-13)17(24)12-28-21(26)18-14-6-2-8-16(14)30-20(18)22-19(25)15-7-3-9-27-15/h3-5,7,9-10H,2,6,8,11-12H2,1H3,(H,22,25). The van der Waals surface area contributed by atoms with Gasteiger partial charge in [0.2, 0.25) is 0 Å². The van der Waals surface area contributed by atoms with E-state index >= 15 is 0 Å². The minimum Gasteiger partial charge on any atom is -0.459 e. The summed E-state index contributed by atoms with van der Waals surface area (Å²) in [7, 11) is 1.67. The molecule has 30 heavy (non-hydrogen) atoms. The zero-order valence-corrected chi connectivity index (χ0v) is 17.9. The van der Waals surface area contributed by atoms with Crippen LogP contribution in [0.2, 0.25) is 0 Å². The Morgan fingerprint density at radius 1 is 1.23 bits per heavy atom. The molecule has 156 valence electrons. The SMILES string of the molecule is CN(Cc1cccs1)C(=O)COC(=O)c1c(NC(=O)c2ccco2)sc2c1CCC2. The van der Waals surface area contributed by atoms with Crippen molar-refractivity contribution in [1.29, 1.82) is 0 Å². The average molecular weight is 445 g/mol. The summed E-state index contributed by atoms with van der Waals surface area (Å²) in [5, 5.41) is 5.14. The normalized spacial score (nSPS) is 12.4. The van der Waals surface area contributed by atoms with Gasteiger partial charge in [-0.05, 0) is 48.4 Å². The molecule has 9 heteroatoms. The second-order valence-electron chi connectivity index (χ2n) is 6.90. The lowest BCUT2D eigenvalue weighted by atomic mass is 10.1. The van der Waals surface area contributed by atoms with Crippen molar-refractivity contribution >= 4 is 45.5 Å². The number of carbonyl (C=O) groups excluding carboxylic acids is 3. The van der Waals surface area contributed by atoms with Crippen molar-refractivity contribution in [3.63, 3.8) is 0 Å². The molecular weight excluding hydrogens is 424 g/mol. The average Bonchev–Trinajstić information content (AvgIpc) is 3.50. The fourth-order valence-corrected chi connectivity index (χ4v) is 5.34. The summed E-state index contributed by atoms with van der Waals surface area (Å²) in [5.74, 6) is -1.15. The molecule has 1 aliphatic rings. The number of anilines is 1. The number of hydrogen-bond donors (Lipinski definition) is 1. The van der Waals surface area contributed by atoms with E-state index in [0.717, 1.165) is 34.6 Å².